The number of benzene rings is 2. The third-order valence-electron chi connectivity index (χ3n) is 3.93. The average Bonchev–Trinajstić information content (AvgIpc) is 3.29. The third-order valence-corrected chi connectivity index (χ3v) is 6.84. The van der Waals surface area contributed by atoms with Crippen molar-refractivity contribution < 1.29 is 12.8 Å². The molecule has 0 radical (unpaired) electrons. The van der Waals surface area contributed by atoms with E-state index in [4.69, 9.17) is 10.9 Å². The van der Waals surface area contributed by atoms with Crippen molar-refractivity contribution in [2.75, 3.05) is 11.1 Å². The van der Waals surface area contributed by atoms with E-state index in [1.807, 2.05) is 5.38 Å². The number of sulfonamides is 1. The number of nitrogens with two attached hydrogens (primary N) is 2. The minimum absolute atomic E-state index is 0.0264. The molecule has 0 bridgehead atoms. The summed E-state index contributed by atoms with van der Waals surface area (Å²) in [5.41, 5.74) is 8.24. The molecule has 0 amide bonds. The normalized spacial score (nSPS) is 11.5. The molecule has 0 spiro atoms. The van der Waals surface area contributed by atoms with Crippen LogP contribution in [0.4, 0.5) is 21.0 Å². The van der Waals surface area contributed by atoms with Crippen molar-refractivity contribution in [1.82, 2.24) is 9.97 Å². The average molecular weight is 448 g/mol. The number of nitrogen functional groups attached to an aromatic ring is 1. The van der Waals surface area contributed by atoms with E-state index in [1.54, 1.807) is 24.3 Å². The van der Waals surface area contributed by atoms with Crippen LogP contribution < -0.4 is 16.2 Å². The SMILES string of the molecule is Nc1nc(Nc2ccc(S(N)(=O)=O)cc2)sc1-c1nc(-c2ccc(F)cc2)cs1. The Labute approximate surface area is 173 Å². The maximum atomic E-state index is 13.1. The zero-order chi connectivity index (χ0) is 20.6. The van der Waals surface area contributed by atoms with Gasteiger partial charge in [-0.25, -0.2) is 27.9 Å². The first-order valence-corrected chi connectivity index (χ1v) is 11.4. The molecule has 2 aromatic heterocycles. The van der Waals surface area contributed by atoms with E-state index < -0.39 is 10.0 Å². The smallest absolute Gasteiger partial charge is 0.238 e. The van der Waals surface area contributed by atoms with Gasteiger partial charge in [-0.15, -0.1) is 11.3 Å². The zero-order valence-electron chi connectivity index (χ0n) is 14.7. The molecule has 2 aromatic carbocycles. The predicted molar refractivity (Wildman–Crippen MR) is 114 cm³/mol. The lowest BCUT2D eigenvalue weighted by molar-refractivity contribution is 0.598. The van der Waals surface area contributed by atoms with Crippen molar-refractivity contribution >= 4 is 49.3 Å². The van der Waals surface area contributed by atoms with Gasteiger partial charge in [0.25, 0.3) is 0 Å². The third kappa shape index (κ3) is 4.27. The Morgan fingerprint density at radius 3 is 2.34 bits per heavy atom. The number of nitrogens with one attached hydrogen (secondary N) is 1. The number of thiazole rings is 2. The van der Waals surface area contributed by atoms with Gasteiger partial charge in [-0.05, 0) is 48.5 Å². The summed E-state index contributed by atoms with van der Waals surface area (Å²) in [5.74, 6) is 0.0300. The van der Waals surface area contributed by atoms with Crippen LogP contribution in [-0.2, 0) is 10.0 Å². The van der Waals surface area contributed by atoms with Gasteiger partial charge in [0.1, 0.15) is 21.5 Å². The van der Waals surface area contributed by atoms with E-state index in [1.165, 1.54) is 46.9 Å². The van der Waals surface area contributed by atoms with Gasteiger partial charge in [0.05, 0.1) is 10.6 Å². The molecule has 0 aliphatic rings. The number of nitrogens with zero attached hydrogens (tertiary/aromatic N) is 2. The van der Waals surface area contributed by atoms with Crippen molar-refractivity contribution in [3.8, 4) is 21.1 Å². The second-order valence-corrected chi connectivity index (χ2v) is 9.39. The van der Waals surface area contributed by atoms with Crippen molar-refractivity contribution in [2.45, 2.75) is 4.90 Å². The summed E-state index contributed by atoms with van der Waals surface area (Å²) in [6, 6.07) is 12.1. The molecule has 4 aromatic rings. The number of hydrogen-bond donors (Lipinski definition) is 3. The molecule has 2 heterocycles. The lowest BCUT2D eigenvalue weighted by Gasteiger charge is -2.03. The Morgan fingerprint density at radius 1 is 1.00 bits per heavy atom. The van der Waals surface area contributed by atoms with Crippen LogP contribution >= 0.6 is 22.7 Å². The Kier molecular flexibility index (Phi) is 5.04. The molecule has 148 valence electrons. The molecular weight excluding hydrogens is 433 g/mol. The van der Waals surface area contributed by atoms with Gasteiger partial charge < -0.3 is 11.1 Å². The first kappa shape index (κ1) is 19.5. The van der Waals surface area contributed by atoms with Crippen LogP contribution in [-0.4, -0.2) is 18.4 Å². The molecule has 0 aliphatic carbocycles. The van der Waals surface area contributed by atoms with E-state index >= 15 is 0 Å². The summed E-state index contributed by atoms with van der Waals surface area (Å²) in [7, 11) is -3.74. The van der Waals surface area contributed by atoms with Crippen LogP contribution in [0.1, 0.15) is 0 Å². The first-order chi connectivity index (χ1) is 13.8. The molecule has 0 saturated carbocycles. The van der Waals surface area contributed by atoms with Crippen LogP contribution in [0, 0.1) is 5.82 Å². The highest BCUT2D eigenvalue weighted by atomic mass is 32.2. The lowest BCUT2D eigenvalue weighted by Crippen LogP contribution is -2.11. The maximum Gasteiger partial charge on any atom is 0.238 e. The Bertz CT molecular complexity index is 1270. The Morgan fingerprint density at radius 2 is 1.69 bits per heavy atom. The topological polar surface area (TPSA) is 124 Å². The zero-order valence-corrected chi connectivity index (χ0v) is 17.1. The van der Waals surface area contributed by atoms with E-state index in [9.17, 15) is 12.8 Å². The summed E-state index contributed by atoms with van der Waals surface area (Å²) in [6.07, 6.45) is 0. The second kappa shape index (κ2) is 7.52. The Hall–Kier alpha value is -2.86. The summed E-state index contributed by atoms with van der Waals surface area (Å²) < 4.78 is 35.8. The fourth-order valence-electron chi connectivity index (χ4n) is 2.52. The number of hydrogen-bond acceptors (Lipinski definition) is 8. The lowest BCUT2D eigenvalue weighted by atomic mass is 10.2. The minimum Gasteiger partial charge on any atom is -0.382 e. The molecular formula is C18H14FN5O2S3. The highest BCUT2D eigenvalue weighted by molar-refractivity contribution is 7.89. The predicted octanol–water partition coefficient (Wildman–Crippen LogP) is 4.05. The number of primary sulfonamides is 1. The first-order valence-electron chi connectivity index (χ1n) is 8.17. The van der Waals surface area contributed by atoms with Gasteiger partial charge in [-0.1, -0.05) is 11.3 Å². The second-order valence-electron chi connectivity index (χ2n) is 5.97. The Balaban J connectivity index is 1.56. The number of anilines is 3. The maximum absolute atomic E-state index is 13.1. The molecule has 0 fully saturated rings. The molecule has 29 heavy (non-hydrogen) atoms. The highest BCUT2D eigenvalue weighted by Crippen LogP contribution is 2.39. The highest BCUT2D eigenvalue weighted by Gasteiger charge is 2.15. The van der Waals surface area contributed by atoms with Crippen LogP contribution in [0.2, 0.25) is 0 Å². The number of halogens is 1. The summed E-state index contributed by atoms with van der Waals surface area (Å²) in [5, 5.41) is 11.3. The van der Waals surface area contributed by atoms with Crippen molar-refractivity contribution in [3.05, 3.63) is 59.7 Å². The van der Waals surface area contributed by atoms with Gasteiger partial charge in [0.15, 0.2) is 5.13 Å². The quantitative estimate of drug-likeness (QED) is 0.424. The van der Waals surface area contributed by atoms with Crippen LogP contribution in [0.25, 0.3) is 21.1 Å². The van der Waals surface area contributed by atoms with Crippen molar-refractivity contribution in [3.63, 3.8) is 0 Å². The summed E-state index contributed by atoms with van der Waals surface area (Å²) >= 11 is 2.74. The number of aromatic nitrogens is 2. The summed E-state index contributed by atoms with van der Waals surface area (Å²) in [4.78, 5) is 9.63. The van der Waals surface area contributed by atoms with Gasteiger partial charge in [-0.3, -0.25) is 0 Å². The van der Waals surface area contributed by atoms with Gasteiger partial charge in [0, 0.05) is 16.6 Å². The van der Waals surface area contributed by atoms with E-state index in [0.29, 0.717) is 26.5 Å². The van der Waals surface area contributed by atoms with E-state index in [0.717, 1.165) is 11.3 Å². The molecule has 7 nitrogen and oxygen atoms in total. The molecule has 11 heteroatoms. The van der Waals surface area contributed by atoms with Crippen molar-refractivity contribution in [2.24, 2.45) is 5.14 Å². The van der Waals surface area contributed by atoms with Gasteiger partial charge in [-0.2, -0.15) is 0 Å². The van der Waals surface area contributed by atoms with Gasteiger partial charge >= 0.3 is 0 Å². The van der Waals surface area contributed by atoms with Crippen LogP contribution in [0.15, 0.2) is 58.8 Å². The minimum atomic E-state index is -3.74. The molecule has 0 atom stereocenters. The molecule has 5 N–H and O–H groups in total. The molecule has 0 aliphatic heterocycles. The van der Waals surface area contributed by atoms with E-state index in [-0.39, 0.29) is 10.7 Å². The summed E-state index contributed by atoms with van der Waals surface area (Å²) in [6.45, 7) is 0. The fourth-order valence-corrected chi connectivity index (χ4v) is 4.87. The van der Waals surface area contributed by atoms with Crippen LogP contribution in [0.5, 0.6) is 0 Å². The van der Waals surface area contributed by atoms with Gasteiger partial charge in [0.2, 0.25) is 10.0 Å². The monoisotopic (exact) mass is 447 g/mol. The molecule has 0 unspecified atom stereocenters. The largest absolute Gasteiger partial charge is 0.382 e. The van der Waals surface area contributed by atoms with Crippen molar-refractivity contribution in [1.29, 1.82) is 0 Å². The van der Waals surface area contributed by atoms with E-state index in [2.05, 4.69) is 15.3 Å². The fraction of sp³-hybridized carbons (Fsp3) is 0. The molecule has 0 saturated heterocycles. The van der Waals surface area contributed by atoms with Crippen LogP contribution in [0.3, 0.4) is 0 Å². The molecule has 4 rings (SSSR count). The standard InChI is InChI=1S/C18H14FN5O2S3/c19-11-3-1-10(2-4-11)14-9-27-17(23-14)15-16(20)24-18(28-15)22-12-5-7-13(8-6-12)29(21,25)26/h1-9H,20H2,(H,22,24)(H2,21,25,26). The number of rotatable bonds is 5.